The predicted molar refractivity (Wildman–Crippen MR) is 48.5 cm³/mol. The van der Waals surface area contributed by atoms with E-state index in [0.29, 0.717) is 0 Å². The van der Waals surface area contributed by atoms with Gasteiger partial charge in [-0.15, -0.1) is 0 Å². The second-order valence-electron chi connectivity index (χ2n) is 2.95. The molecule has 0 aliphatic rings. The molecule has 0 aromatic heterocycles. The van der Waals surface area contributed by atoms with Crippen LogP contribution < -0.4 is 5.73 Å². The van der Waals surface area contributed by atoms with Crippen LogP contribution in [0.1, 0.15) is 18.1 Å². The molecule has 0 heterocycles. The van der Waals surface area contributed by atoms with Crippen molar-refractivity contribution in [3.63, 3.8) is 0 Å². The Kier molecular flexibility index (Phi) is 2.84. The first-order valence-corrected chi connectivity index (χ1v) is 3.97. The second kappa shape index (κ2) is 3.89. The first-order valence-electron chi connectivity index (χ1n) is 3.97. The highest BCUT2D eigenvalue weighted by molar-refractivity contribution is 5.37. The summed E-state index contributed by atoms with van der Waals surface area (Å²) < 4.78 is 0. The van der Waals surface area contributed by atoms with Crippen molar-refractivity contribution in [3.05, 3.63) is 35.4 Å². The molecule has 2 heteroatoms. The Morgan fingerprint density at radius 2 is 2.17 bits per heavy atom. The summed E-state index contributed by atoms with van der Waals surface area (Å²) in [4.78, 5) is 0. The lowest BCUT2D eigenvalue weighted by Crippen LogP contribution is -2.18. The number of rotatable bonds is 2. The minimum absolute atomic E-state index is 0.111. The minimum atomic E-state index is 0.111. The Balaban J connectivity index is 2.91. The molecule has 2 N–H and O–H groups in total. The first-order chi connectivity index (χ1) is 5.74. The van der Waals surface area contributed by atoms with E-state index < -0.39 is 0 Å². The van der Waals surface area contributed by atoms with Crippen LogP contribution in [0.2, 0.25) is 0 Å². The zero-order valence-electron chi connectivity index (χ0n) is 7.12. The molecule has 0 amide bonds. The maximum atomic E-state index is 8.74. The van der Waals surface area contributed by atoms with Crippen molar-refractivity contribution in [2.24, 2.45) is 5.73 Å². The molecule has 0 saturated heterocycles. The third kappa shape index (κ3) is 2.08. The lowest BCUT2D eigenvalue weighted by Gasteiger charge is -2.05. The van der Waals surface area contributed by atoms with E-state index in [1.54, 1.807) is 0 Å². The van der Waals surface area contributed by atoms with Gasteiger partial charge in [0.25, 0.3) is 0 Å². The Labute approximate surface area is 72.6 Å². The van der Waals surface area contributed by atoms with Gasteiger partial charge in [0, 0.05) is 6.04 Å². The van der Waals surface area contributed by atoms with Crippen LogP contribution in [0.15, 0.2) is 24.3 Å². The van der Waals surface area contributed by atoms with E-state index in [0.717, 1.165) is 17.5 Å². The maximum absolute atomic E-state index is 8.74. The summed E-state index contributed by atoms with van der Waals surface area (Å²) in [6.07, 6.45) is 0.768. The van der Waals surface area contributed by atoms with Crippen molar-refractivity contribution >= 4 is 0 Å². The number of nitriles is 1. The highest BCUT2D eigenvalue weighted by atomic mass is 14.6. The molecule has 62 valence electrons. The number of hydrogen-bond donors (Lipinski definition) is 1. The van der Waals surface area contributed by atoms with Crippen molar-refractivity contribution in [2.45, 2.75) is 19.4 Å². The Hall–Kier alpha value is -1.33. The van der Waals surface area contributed by atoms with Gasteiger partial charge in [0.15, 0.2) is 0 Å². The molecule has 0 saturated carbocycles. The molecule has 0 bridgehead atoms. The average molecular weight is 160 g/mol. The van der Waals surface area contributed by atoms with Crippen LogP contribution in [-0.4, -0.2) is 6.04 Å². The van der Waals surface area contributed by atoms with E-state index in [-0.39, 0.29) is 6.04 Å². The van der Waals surface area contributed by atoms with Gasteiger partial charge >= 0.3 is 0 Å². The van der Waals surface area contributed by atoms with E-state index in [1.807, 2.05) is 31.2 Å². The molecule has 1 aromatic rings. The molecule has 0 unspecified atom stereocenters. The van der Waals surface area contributed by atoms with Gasteiger partial charge in [-0.05, 0) is 25.0 Å². The number of benzene rings is 1. The normalized spacial score (nSPS) is 12.1. The van der Waals surface area contributed by atoms with Gasteiger partial charge in [-0.1, -0.05) is 18.2 Å². The topological polar surface area (TPSA) is 49.8 Å². The maximum Gasteiger partial charge on any atom is 0.0994 e. The largest absolute Gasteiger partial charge is 0.328 e. The molecule has 1 atom stereocenters. The Morgan fingerprint density at radius 3 is 2.75 bits per heavy atom. The second-order valence-corrected chi connectivity index (χ2v) is 2.95. The van der Waals surface area contributed by atoms with Crippen molar-refractivity contribution in [2.75, 3.05) is 0 Å². The van der Waals surface area contributed by atoms with Crippen LogP contribution >= 0.6 is 0 Å². The third-order valence-corrected chi connectivity index (χ3v) is 1.68. The molecule has 2 nitrogen and oxygen atoms in total. The monoisotopic (exact) mass is 160 g/mol. The molecule has 1 aromatic carbocycles. The molecule has 0 aliphatic heterocycles. The fourth-order valence-electron chi connectivity index (χ4n) is 1.15. The van der Waals surface area contributed by atoms with E-state index >= 15 is 0 Å². The van der Waals surface area contributed by atoms with Gasteiger partial charge in [-0.2, -0.15) is 5.26 Å². The predicted octanol–water partition coefficient (Wildman–Crippen LogP) is 1.45. The van der Waals surface area contributed by atoms with Crippen molar-refractivity contribution in [1.82, 2.24) is 0 Å². The summed E-state index contributed by atoms with van der Waals surface area (Å²) >= 11 is 0. The lowest BCUT2D eigenvalue weighted by atomic mass is 10.0. The van der Waals surface area contributed by atoms with Crippen LogP contribution in [0, 0.1) is 11.3 Å². The summed E-state index contributed by atoms with van der Waals surface area (Å²) in [5, 5.41) is 8.74. The zero-order chi connectivity index (χ0) is 8.97. The lowest BCUT2D eigenvalue weighted by molar-refractivity contribution is 0.737. The van der Waals surface area contributed by atoms with Crippen LogP contribution in [0.25, 0.3) is 0 Å². The summed E-state index contributed by atoms with van der Waals surface area (Å²) in [5.74, 6) is 0. The van der Waals surface area contributed by atoms with Crippen LogP contribution in [-0.2, 0) is 6.42 Å². The minimum Gasteiger partial charge on any atom is -0.328 e. The standard InChI is InChI=1S/C10H12N2/c1-8(12)6-9-4-2-3-5-10(9)7-11/h2-5,8H,6,12H2,1H3/t8-/m1/s1. The SMILES string of the molecule is C[C@@H](N)Cc1ccccc1C#N. The van der Waals surface area contributed by atoms with Gasteiger partial charge in [0.2, 0.25) is 0 Å². The van der Waals surface area contributed by atoms with Crippen molar-refractivity contribution < 1.29 is 0 Å². The summed E-state index contributed by atoms with van der Waals surface area (Å²) in [5.41, 5.74) is 7.41. The van der Waals surface area contributed by atoms with Crippen LogP contribution in [0.5, 0.6) is 0 Å². The van der Waals surface area contributed by atoms with Crippen molar-refractivity contribution in [3.8, 4) is 6.07 Å². The smallest absolute Gasteiger partial charge is 0.0994 e. The number of hydrogen-bond acceptors (Lipinski definition) is 2. The van der Waals surface area contributed by atoms with E-state index in [1.165, 1.54) is 0 Å². The first kappa shape index (κ1) is 8.76. The third-order valence-electron chi connectivity index (χ3n) is 1.68. The van der Waals surface area contributed by atoms with Gasteiger partial charge < -0.3 is 5.73 Å². The fraction of sp³-hybridized carbons (Fsp3) is 0.300. The van der Waals surface area contributed by atoms with Gasteiger partial charge in [-0.3, -0.25) is 0 Å². The zero-order valence-corrected chi connectivity index (χ0v) is 7.12. The molecule has 0 aliphatic carbocycles. The average Bonchev–Trinajstić information content (AvgIpc) is 2.04. The molecular weight excluding hydrogens is 148 g/mol. The van der Waals surface area contributed by atoms with Gasteiger partial charge in [-0.25, -0.2) is 0 Å². The molecule has 1 rings (SSSR count). The van der Waals surface area contributed by atoms with Crippen LogP contribution in [0.4, 0.5) is 0 Å². The van der Waals surface area contributed by atoms with Crippen molar-refractivity contribution in [1.29, 1.82) is 5.26 Å². The van der Waals surface area contributed by atoms with E-state index in [9.17, 15) is 0 Å². The molecular formula is C10H12N2. The highest BCUT2D eigenvalue weighted by Gasteiger charge is 2.02. The fourth-order valence-corrected chi connectivity index (χ4v) is 1.15. The molecule has 12 heavy (non-hydrogen) atoms. The molecule has 0 spiro atoms. The summed E-state index contributed by atoms with van der Waals surface area (Å²) in [6, 6.07) is 9.81. The van der Waals surface area contributed by atoms with E-state index in [4.69, 9.17) is 11.0 Å². The van der Waals surface area contributed by atoms with Crippen LogP contribution in [0.3, 0.4) is 0 Å². The number of nitrogens with zero attached hydrogens (tertiary/aromatic N) is 1. The Morgan fingerprint density at radius 1 is 1.50 bits per heavy atom. The highest BCUT2D eigenvalue weighted by Crippen LogP contribution is 2.08. The van der Waals surface area contributed by atoms with Gasteiger partial charge in [0.1, 0.15) is 0 Å². The summed E-state index contributed by atoms with van der Waals surface area (Å²) in [6.45, 7) is 1.94. The van der Waals surface area contributed by atoms with Gasteiger partial charge in [0.05, 0.1) is 11.6 Å². The molecule has 0 fully saturated rings. The number of nitrogens with two attached hydrogens (primary N) is 1. The summed E-state index contributed by atoms with van der Waals surface area (Å²) in [7, 11) is 0. The van der Waals surface area contributed by atoms with E-state index in [2.05, 4.69) is 6.07 Å². The quantitative estimate of drug-likeness (QED) is 0.711. The molecule has 0 radical (unpaired) electrons. The Bertz CT molecular complexity index is 297.